The maximum Gasteiger partial charge on any atom is 0.356 e. The molecule has 5 heteroatoms. The number of nitrogen functional groups attached to an aromatic ring is 1. The number of anilines is 1. The summed E-state index contributed by atoms with van der Waals surface area (Å²) >= 11 is 6.04. The van der Waals surface area contributed by atoms with Gasteiger partial charge in [-0.15, -0.1) is 0 Å². The fourth-order valence-corrected chi connectivity index (χ4v) is 1.66. The number of carbonyl (C=O) groups excluding carboxylic acids is 1. The van der Waals surface area contributed by atoms with Crippen molar-refractivity contribution in [3.8, 4) is 0 Å². The summed E-state index contributed by atoms with van der Waals surface area (Å²) in [5.41, 5.74) is 6.70. The lowest BCUT2D eigenvalue weighted by molar-refractivity contribution is 0.0594. The molecule has 2 N–H and O–H groups in total. The fourth-order valence-electron chi connectivity index (χ4n) is 1.37. The number of nitrogens with two attached hydrogens (primary N) is 1. The van der Waals surface area contributed by atoms with Gasteiger partial charge in [0.05, 0.1) is 7.11 Å². The van der Waals surface area contributed by atoms with Gasteiger partial charge in [0, 0.05) is 10.6 Å². The standard InChI is InChI=1S/C11H15ClN2O2/c1-3-4-5-7-8(12)6-9(11(15)16-2)14-10(7)13/h6H,3-5H2,1-2H3,(H2,13,14). The van der Waals surface area contributed by atoms with Gasteiger partial charge >= 0.3 is 5.97 Å². The van der Waals surface area contributed by atoms with E-state index in [4.69, 9.17) is 17.3 Å². The highest BCUT2D eigenvalue weighted by Crippen LogP contribution is 2.24. The molecule has 0 unspecified atom stereocenters. The number of ether oxygens (including phenoxy) is 1. The number of hydrogen-bond acceptors (Lipinski definition) is 4. The van der Waals surface area contributed by atoms with E-state index in [1.807, 2.05) is 0 Å². The molecule has 0 bridgehead atoms. The first-order valence-electron chi connectivity index (χ1n) is 5.13. The minimum absolute atomic E-state index is 0.144. The highest BCUT2D eigenvalue weighted by molar-refractivity contribution is 6.32. The van der Waals surface area contributed by atoms with Crippen LogP contribution in [-0.4, -0.2) is 18.1 Å². The number of esters is 1. The highest BCUT2D eigenvalue weighted by Gasteiger charge is 2.13. The van der Waals surface area contributed by atoms with Gasteiger partial charge in [-0.3, -0.25) is 0 Å². The maximum absolute atomic E-state index is 11.2. The lowest BCUT2D eigenvalue weighted by Gasteiger charge is -2.08. The van der Waals surface area contributed by atoms with E-state index < -0.39 is 5.97 Å². The van der Waals surface area contributed by atoms with E-state index in [-0.39, 0.29) is 5.69 Å². The summed E-state index contributed by atoms with van der Waals surface area (Å²) in [6.07, 6.45) is 2.81. The Morgan fingerprint density at radius 2 is 2.31 bits per heavy atom. The van der Waals surface area contributed by atoms with Gasteiger partial charge in [-0.2, -0.15) is 0 Å². The molecule has 4 nitrogen and oxygen atoms in total. The molecule has 1 heterocycles. The molecule has 0 aliphatic rings. The molecule has 0 aliphatic carbocycles. The number of aromatic nitrogens is 1. The molecule has 1 aromatic heterocycles. The van der Waals surface area contributed by atoms with Gasteiger partial charge < -0.3 is 10.5 Å². The first-order valence-corrected chi connectivity index (χ1v) is 5.51. The van der Waals surface area contributed by atoms with Crippen LogP contribution in [0.4, 0.5) is 5.82 Å². The molecule has 0 amide bonds. The summed E-state index contributed by atoms with van der Waals surface area (Å²) in [5, 5.41) is 0.473. The van der Waals surface area contributed by atoms with Crippen molar-refractivity contribution in [2.75, 3.05) is 12.8 Å². The predicted octanol–water partition coefficient (Wildman–Crippen LogP) is 2.45. The average Bonchev–Trinajstić information content (AvgIpc) is 2.26. The molecular formula is C11H15ClN2O2. The van der Waals surface area contributed by atoms with E-state index >= 15 is 0 Å². The molecule has 88 valence electrons. The summed E-state index contributed by atoms with van der Waals surface area (Å²) in [4.78, 5) is 15.2. The van der Waals surface area contributed by atoms with Crippen LogP contribution < -0.4 is 5.73 Å². The molecule has 0 atom stereocenters. The molecule has 0 fully saturated rings. The van der Waals surface area contributed by atoms with Crippen LogP contribution in [0.1, 0.15) is 35.8 Å². The van der Waals surface area contributed by atoms with Gasteiger partial charge in [-0.1, -0.05) is 24.9 Å². The Kier molecular flexibility index (Phi) is 4.55. The third-order valence-corrected chi connectivity index (χ3v) is 2.61. The van der Waals surface area contributed by atoms with Crippen molar-refractivity contribution >= 4 is 23.4 Å². The molecular weight excluding hydrogens is 228 g/mol. The Bertz CT molecular complexity index is 371. The normalized spacial score (nSPS) is 10.2. The van der Waals surface area contributed by atoms with E-state index in [9.17, 15) is 4.79 Å². The number of rotatable bonds is 4. The topological polar surface area (TPSA) is 65.2 Å². The third kappa shape index (κ3) is 2.85. The smallest absolute Gasteiger partial charge is 0.356 e. The number of nitrogens with zero attached hydrogens (tertiary/aromatic N) is 1. The number of halogens is 1. The first kappa shape index (κ1) is 12.8. The van der Waals surface area contributed by atoms with Crippen molar-refractivity contribution < 1.29 is 9.53 Å². The number of pyridine rings is 1. The second kappa shape index (κ2) is 5.70. The highest BCUT2D eigenvalue weighted by atomic mass is 35.5. The number of hydrogen-bond donors (Lipinski definition) is 1. The Labute approximate surface area is 99.8 Å². The summed E-state index contributed by atoms with van der Waals surface area (Å²) in [7, 11) is 1.29. The average molecular weight is 243 g/mol. The van der Waals surface area contributed by atoms with E-state index in [1.165, 1.54) is 13.2 Å². The van der Waals surface area contributed by atoms with E-state index in [2.05, 4.69) is 16.6 Å². The van der Waals surface area contributed by atoms with E-state index in [0.29, 0.717) is 10.8 Å². The van der Waals surface area contributed by atoms with Gasteiger partial charge in [0.1, 0.15) is 5.82 Å². The Hall–Kier alpha value is -1.29. The molecule has 0 saturated carbocycles. The van der Waals surface area contributed by atoms with Crippen LogP contribution in [0.5, 0.6) is 0 Å². The summed E-state index contributed by atoms with van der Waals surface area (Å²) in [6.45, 7) is 2.08. The molecule has 0 spiro atoms. The van der Waals surface area contributed by atoms with Gasteiger partial charge in [0.2, 0.25) is 0 Å². The van der Waals surface area contributed by atoms with Crippen LogP contribution in [0.2, 0.25) is 5.02 Å². The van der Waals surface area contributed by atoms with Gasteiger partial charge in [-0.25, -0.2) is 9.78 Å². The maximum atomic E-state index is 11.2. The second-order valence-corrected chi connectivity index (χ2v) is 3.86. The molecule has 0 saturated heterocycles. The summed E-state index contributed by atoms with van der Waals surface area (Å²) < 4.78 is 4.55. The van der Waals surface area contributed by atoms with Crippen molar-refractivity contribution in [2.45, 2.75) is 26.2 Å². The van der Waals surface area contributed by atoms with Crippen LogP contribution in [0, 0.1) is 0 Å². The lowest BCUT2D eigenvalue weighted by atomic mass is 10.1. The molecule has 16 heavy (non-hydrogen) atoms. The van der Waals surface area contributed by atoms with Crippen molar-refractivity contribution in [3.63, 3.8) is 0 Å². The largest absolute Gasteiger partial charge is 0.464 e. The zero-order valence-electron chi connectivity index (χ0n) is 9.42. The van der Waals surface area contributed by atoms with Crippen molar-refractivity contribution in [2.24, 2.45) is 0 Å². The molecule has 0 radical (unpaired) electrons. The molecule has 0 aliphatic heterocycles. The number of methoxy groups -OCH3 is 1. The third-order valence-electron chi connectivity index (χ3n) is 2.28. The van der Waals surface area contributed by atoms with Crippen LogP contribution in [-0.2, 0) is 11.2 Å². The molecule has 1 aromatic rings. The first-order chi connectivity index (χ1) is 7.60. The Balaban J connectivity index is 3.02. The van der Waals surface area contributed by atoms with Crippen LogP contribution >= 0.6 is 11.6 Å². The lowest BCUT2D eigenvalue weighted by Crippen LogP contribution is -2.08. The predicted molar refractivity (Wildman–Crippen MR) is 63.6 cm³/mol. The minimum Gasteiger partial charge on any atom is -0.464 e. The van der Waals surface area contributed by atoms with Gasteiger partial charge in [0.25, 0.3) is 0 Å². The van der Waals surface area contributed by atoms with Crippen molar-refractivity contribution in [3.05, 3.63) is 22.3 Å². The van der Waals surface area contributed by atoms with E-state index in [0.717, 1.165) is 24.8 Å². The van der Waals surface area contributed by atoms with Gasteiger partial charge in [0.15, 0.2) is 5.69 Å². The Morgan fingerprint density at radius 3 is 2.81 bits per heavy atom. The number of carbonyl (C=O) groups is 1. The quantitative estimate of drug-likeness (QED) is 0.824. The molecule has 0 aromatic carbocycles. The minimum atomic E-state index is -0.532. The zero-order valence-corrected chi connectivity index (χ0v) is 10.2. The monoisotopic (exact) mass is 242 g/mol. The fraction of sp³-hybridized carbons (Fsp3) is 0.455. The van der Waals surface area contributed by atoms with E-state index in [1.54, 1.807) is 0 Å². The zero-order chi connectivity index (χ0) is 12.1. The van der Waals surface area contributed by atoms with Crippen LogP contribution in [0.25, 0.3) is 0 Å². The Morgan fingerprint density at radius 1 is 1.62 bits per heavy atom. The van der Waals surface area contributed by atoms with Gasteiger partial charge in [-0.05, 0) is 18.9 Å². The summed E-state index contributed by atoms with van der Waals surface area (Å²) in [5.74, 6) is -0.225. The van der Waals surface area contributed by atoms with Crippen LogP contribution in [0.15, 0.2) is 6.07 Å². The number of unbranched alkanes of at least 4 members (excludes halogenated alkanes) is 1. The molecule has 1 rings (SSSR count). The summed E-state index contributed by atoms with van der Waals surface area (Å²) in [6, 6.07) is 1.49. The second-order valence-electron chi connectivity index (χ2n) is 3.45. The SMILES string of the molecule is CCCCc1c(Cl)cc(C(=O)OC)nc1N. The van der Waals surface area contributed by atoms with Crippen molar-refractivity contribution in [1.29, 1.82) is 0 Å². The van der Waals surface area contributed by atoms with Crippen molar-refractivity contribution in [1.82, 2.24) is 4.98 Å². The van der Waals surface area contributed by atoms with Crippen LogP contribution in [0.3, 0.4) is 0 Å².